The molecule has 0 atom stereocenters. The number of fused-ring (bicyclic) bond motifs is 6. The lowest BCUT2D eigenvalue weighted by Crippen LogP contribution is -2.05. The van der Waals surface area contributed by atoms with E-state index in [1.807, 2.05) is 12.1 Å². The van der Waals surface area contributed by atoms with Crippen LogP contribution in [0, 0.1) is 113 Å². The maximum atomic E-state index is 10.3. The van der Waals surface area contributed by atoms with Gasteiger partial charge in [0.1, 0.15) is 57.4 Å². The Bertz CT molecular complexity index is 4750. The largest absolute Gasteiger partial charge is 0.250 e. The summed E-state index contributed by atoms with van der Waals surface area (Å²) in [4.78, 5) is 46.0. The van der Waals surface area contributed by atoms with Crippen LogP contribution in [0.1, 0.15) is 44.5 Å². The van der Waals surface area contributed by atoms with Gasteiger partial charge in [0.2, 0.25) is 11.4 Å². The van der Waals surface area contributed by atoms with Crippen molar-refractivity contribution < 1.29 is 0 Å². The molecule has 3 aromatic heterocycles. The molecule has 0 fully saturated rings. The third-order valence-corrected chi connectivity index (χ3v) is 12.6. The third kappa shape index (κ3) is 8.00. The highest BCUT2D eigenvalue weighted by atomic mass is 14.9. The summed E-state index contributed by atoms with van der Waals surface area (Å²) in [6.07, 6.45) is 0. The number of hydrogen-bond donors (Lipinski definition) is 0. The van der Waals surface area contributed by atoms with E-state index in [1.54, 1.807) is 55.5 Å². The maximum Gasteiger partial charge on any atom is 0.204 e. The number of nitriles is 7. The van der Waals surface area contributed by atoms with Gasteiger partial charge in [-0.3, -0.25) is 9.69 Å². The molecular formula is C60H21N17. The first kappa shape index (κ1) is 47.6. The van der Waals surface area contributed by atoms with Crippen LogP contribution in [0.4, 0.5) is 22.7 Å². The molecule has 0 amide bonds. The lowest BCUT2D eigenvalue weighted by Gasteiger charge is -2.18. The van der Waals surface area contributed by atoms with Crippen molar-refractivity contribution in [2.75, 3.05) is 0 Å². The predicted octanol–water partition coefficient (Wildman–Crippen LogP) is 13.1. The Morgan fingerprint density at radius 1 is 0.286 bits per heavy atom. The van der Waals surface area contributed by atoms with Crippen LogP contribution in [-0.2, 0) is 0 Å². The van der Waals surface area contributed by atoms with Crippen LogP contribution in [0.3, 0.4) is 0 Å². The summed E-state index contributed by atoms with van der Waals surface area (Å²) >= 11 is 0. The van der Waals surface area contributed by atoms with Gasteiger partial charge in [0.05, 0.1) is 118 Å². The van der Waals surface area contributed by atoms with Gasteiger partial charge in [-0.15, -0.1) is 0 Å². The summed E-state index contributed by atoms with van der Waals surface area (Å²) in [5.74, 6) is 0. The minimum Gasteiger partial charge on any atom is -0.250 e. The van der Waals surface area contributed by atoms with Crippen LogP contribution in [-0.4, -0.2) is 29.9 Å². The number of hydrogen-bond acceptors (Lipinski definition) is 13. The summed E-state index contributed by atoms with van der Waals surface area (Å²) in [6, 6.07) is 42.5. The highest BCUT2D eigenvalue weighted by Crippen LogP contribution is 2.44. The van der Waals surface area contributed by atoms with E-state index in [0.29, 0.717) is 44.5 Å². The molecule has 0 saturated carbocycles. The summed E-state index contributed by atoms with van der Waals surface area (Å²) in [5.41, 5.74) is 4.99. The smallest absolute Gasteiger partial charge is 0.204 e. The molecular weight excluding hydrogens is 959 g/mol. The topological polar surface area (TPSA) is 261 Å². The Morgan fingerprint density at radius 2 is 0.545 bits per heavy atom. The highest BCUT2D eigenvalue weighted by molar-refractivity contribution is 6.20. The van der Waals surface area contributed by atoms with Gasteiger partial charge in [-0.25, -0.2) is 39.6 Å². The van der Waals surface area contributed by atoms with Crippen LogP contribution in [0.15, 0.2) is 109 Å². The monoisotopic (exact) mass is 979 g/mol. The van der Waals surface area contributed by atoms with Crippen molar-refractivity contribution >= 4 is 55.8 Å². The number of rotatable bonds is 6. The third-order valence-electron chi connectivity index (χ3n) is 12.6. The molecule has 10 rings (SSSR count). The Balaban J connectivity index is 1.48. The molecule has 17 nitrogen and oxygen atoms in total. The molecule has 346 valence electrons. The Morgan fingerprint density at radius 3 is 0.857 bits per heavy atom. The molecule has 0 N–H and O–H groups in total. The summed E-state index contributed by atoms with van der Waals surface area (Å²) in [5, 5.41) is 71.1. The summed E-state index contributed by atoms with van der Waals surface area (Å²) in [7, 11) is 0. The minimum atomic E-state index is 0.00895. The summed E-state index contributed by atoms with van der Waals surface area (Å²) < 4.78 is 0. The predicted molar refractivity (Wildman–Crippen MR) is 281 cm³/mol. The lowest BCUT2D eigenvalue weighted by atomic mass is 9.97. The molecule has 77 heavy (non-hydrogen) atoms. The standard InChI is InChI=1S/C60H21N17/c1-31-6-7-32(18-40(31)26-63)49-50(33-8-10-38(24-61)41(19-33)27-64)73-57-55(72-49)56-58(75-52(35-12-15-45(68-2)43(21-35)29-66)51(74-56)34-9-11-39(25-62)42(20-34)28-65)60-59(57)76-53(36-13-16-46(69-3)44(22-36)30-67)54(77-60)37-14-17-47(70-4)48(23-37)71-5/h6-23H,1H3. The van der Waals surface area contributed by atoms with Gasteiger partial charge in [-0.05, 0) is 60.5 Å². The quantitative estimate of drug-likeness (QED) is 0.111. The van der Waals surface area contributed by atoms with Gasteiger partial charge in [-0.2, -0.15) is 36.8 Å². The minimum absolute atomic E-state index is 0.00895. The van der Waals surface area contributed by atoms with E-state index in [4.69, 9.17) is 56.2 Å². The molecule has 3 heterocycles. The molecule has 0 aliphatic carbocycles. The van der Waals surface area contributed by atoms with Gasteiger partial charge < -0.3 is 0 Å². The fourth-order valence-corrected chi connectivity index (χ4v) is 8.75. The van der Waals surface area contributed by atoms with Crippen molar-refractivity contribution in [2.45, 2.75) is 6.92 Å². The van der Waals surface area contributed by atoms with Gasteiger partial charge in [0.15, 0.2) is 11.4 Å². The normalized spacial score (nSPS) is 10.3. The van der Waals surface area contributed by atoms with Crippen molar-refractivity contribution in [3.8, 4) is 110 Å². The van der Waals surface area contributed by atoms with Crippen LogP contribution in [0.2, 0.25) is 0 Å². The lowest BCUT2D eigenvalue weighted by molar-refractivity contribution is 1.24. The number of nitrogens with zero attached hydrogens (tertiary/aromatic N) is 17. The second-order valence-electron chi connectivity index (χ2n) is 16.8. The molecule has 0 radical (unpaired) electrons. The Labute approximate surface area is 437 Å². The van der Waals surface area contributed by atoms with Gasteiger partial charge in [0, 0.05) is 27.8 Å². The fourth-order valence-electron chi connectivity index (χ4n) is 8.75. The Kier molecular flexibility index (Phi) is 11.9. The van der Waals surface area contributed by atoms with E-state index in [0.717, 1.165) is 0 Å². The molecule has 0 aliphatic heterocycles. The number of aromatic nitrogens is 6. The molecule has 0 spiro atoms. The molecule has 0 aliphatic rings. The van der Waals surface area contributed by atoms with Gasteiger partial charge in [0.25, 0.3) is 0 Å². The summed E-state index contributed by atoms with van der Waals surface area (Å²) in [6.45, 7) is 33.0. The average molecular weight is 980 g/mol. The van der Waals surface area contributed by atoms with Crippen LogP contribution in [0.5, 0.6) is 0 Å². The van der Waals surface area contributed by atoms with Crippen LogP contribution in [0.25, 0.3) is 120 Å². The fraction of sp³-hybridized carbons (Fsp3) is 0.0167. The zero-order valence-corrected chi connectivity index (χ0v) is 39.5. The van der Waals surface area contributed by atoms with E-state index in [-0.39, 0.29) is 123 Å². The maximum absolute atomic E-state index is 10.3. The van der Waals surface area contributed by atoms with E-state index < -0.39 is 0 Å². The second-order valence-corrected chi connectivity index (χ2v) is 16.8. The first-order valence-corrected chi connectivity index (χ1v) is 22.5. The van der Waals surface area contributed by atoms with Crippen molar-refractivity contribution in [1.82, 2.24) is 29.9 Å². The molecule has 10 aromatic rings. The molecule has 0 saturated heterocycles. The van der Waals surface area contributed by atoms with E-state index in [2.05, 4.69) is 49.7 Å². The first-order chi connectivity index (χ1) is 37.5. The highest BCUT2D eigenvalue weighted by Gasteiger charge is 2.27. The zero-order chi connectivity index (χ0) is 54.1. The number of aryl methyl sites for hydroxylation is 1. The number of benzene rings is 7. The van der Waals surface area contributed by atoms with Crippen molar-refractivity contribution in [3.63, 3.8) is 0 Å². The van der Waals surface area contributed by atoms with Crippen LogP contribution < -0.4 is 0 Å². The second kappa shape index (κ2) is 19.3. The average Bonchev–Trinajstić information content (AvgIpc) is 3.59. The van der Waals surface area contributed by atoms with Crippen molar-refractivity contribution in [1.29, 1.82) is 36.8 Å². The molecule has 17 heteroatoms. The Hall–Kier alpha value is -13.1. The van der Waals surface area contributed by atoms with E-state index >= 15 is 0 Å². The van der Waals surface area contributed by atoms with E-state index in [1.165, 1.54) is 60.7 Å². The van der Waals surface area contributed by atoms with E-state index in [9.17, 15) is 36.8 Å². The zero-order valence-electron chi connectivity index (χ0n) is 39.5. The molecule has 0 bridgehead atoms. The molecule has 0 unspecified atom stereocenters. The van der Waals surface area contributed by atoms with Crippen LogP contribution >= 0.6 is 0 Å². The molecule has 7 aromatic carbocycles. The van der Waals surface area contributed by atoms with Gasteiger partial charge in [-0.1, -0.05) is 66.7 Å². The van der Waals surface area contributed by atoms with Crippen molar-refractivity contribution in [2.24, 2.45) is 0 Å². The SMILES string of the molecule is [C-]#[N+]c1ccc(-c2nc3c(nc2-c2ccc(C#N)c(C#N)c2)c2nc(-c4ccc(C)c(C#N)c4)c(-c4ccc(C#N)c(C#N)c4)nc2c2nc(-c4ccc([N+]#[C-])c(C#N)c4)c(-c4ccc([N+]#[C-])c([N+]#[C-])c4)nc32)cc1C#N. The van der Waals surface area contributed by atoms with Gasteiger partial charge >= 0.3 is 0 Å². The van der Waals surface area contributed by atoms with Crippen molar-refractivity contribution in [3.05, 3.63) is 199 Å². The first-order valence-electron chi connectivity index (χ1n) is 22.5.